The molecule has 3 rings (SSSR count). The molecule has 2 fully saturated rings. The number of anilines is 1. The third kappa shape index (κ3) is 4.38. The van der Waals surface area contributed by atoms with E-state index in [-0.39, 0.29) is 35.0 Å². The molecule has 1 aromatic rings. The number of ketones is 1. The van der Waals surface area contributed by atoms with Gasteiger partial charge >= 0.3 is 0 Å². The summed E-state index contributed by atoms with van der Waals surface area (Å²) in [7, 11) is -3.18. The highest BCUT2D eigenvalue weighted by molar-refractivity contribution is 8.16. The Morgan fingerprint density at radius 3 is 2.44 bits per heavy atom. The maximum absolute atomic E-state index is 12.0. The monoisotopic (exact) mass is 409 g/mol. The van der Waals surface area contributed by atoms with Crippen molar-refractivity contribution in [2.45, 2.75) is 31.1 Å². The Kier molecular flexibility index (Phi) is 5.38. The van der Waals surface area contributed by atoms with Crippen LogP contribution in [0.25, 0.3) is 0 Å². The third-order valence-corrected chi connectivity index (χ3v) is 7.59. The molecule has 0 saturated carbocycles. The van der Waals surface area contributed by atoms with Crippen molar-refractivity contribution in [1.29, 1.82) is 0 Å². The molecule has 1 aromatic carbocycles. The fourth-order valence-electron chi connectivity index (χ4n) is 3.09. The van der Waals surface area contributed by atoms with Crippen LogP contribution in [0.4, 0.5) is 5.69 Å². The van der Waals surface area contributed by atoms with E-state index in [1.54, 1.807) is 29.2 Å². The fraction of sp³-hybridized carbons (Fsp3) is 0.412. The van der Waals surface area contributed by atoms with Crippen molar-refractivity contribution in [2.24, 2.45) is 4.99 Å². The fourth-order valence-corrected chi connectivity index (χ4v) is 7.03. The number of carbonyl (C=O) groups is 3. The molecule has 27 heavy (non-hydrogen) atoms. The number of amides is 1. The number of carbonyl (C=O) groups excluding carboxylic acids is 3. The number of fused-ring (bicyclic) bond motifs is 1. The van der Waals surface area contributed by atoms with Gasteiger partial charge in [0.2, 0.25) is 5.91 Å². The van der Waals surface area contributed by atoms with Gasteiger partial charge in [0.25, 0.3) is 0 Å². The summed E-state index contributed by atoms with van der Waals surface area (Å²) in [6.07, 6.45) is -0.702. The van der Waals surface area contributed by atoms with E-state index in [0.717, 1.165) is 0 Å². The molecular weight excluding hydrogens is 392 g/mol. The van der Waals surface area contributed by atoms with Crippen molar-refractivity contribution in [3.8, 4) is 0 Å². The number of aliphatic imine (C=N–C) groups is 1. The van der Waals surface area contributed by atoms with Crippen LogP contribution in [-0.4, -0.2) is 54.0 Å². The van der Waals surface area contributed by atoms with E-state index in [4.69, 9.17) is 0 Å². The minimum absolute atomic E-state index is 0.00335. The Balaban J connectivity index is 1.92. The number of amidine groups is 1. The van der Waals surface area contributed by atoms with Gasteiger partial charge in [-0.15, -0.1) is 0 Å². The van der Waals surface area contributed by atoms with Gasteiger partial charge < -0.3 is 14.8 Å². The van der Waals surface area contributed by atoms with E-state index in [1.807, 2.05) is 0 Å². The first-order valence-electron chi connectivity index (χ1n) is 8.25. The molecule has 0 aromatic heterocycles. The quantitative estimate of drug-likeness (QED) is 0.624. The number of Topliss-reactive ketones (excluding diaryl/α,β-unsaturated/α-hetero) is 1. The summed E-state index contributed by atoms with van der Waals surface area (Å²) in [6.45, 7) is 1.45. The van der Waals surface area contributed by atoms with Gasteiger partial charge in [0.1, 0.15) is 0 Å². The molecule has 2 aliphatic heterocycles. The van der Waals surface area contributed by atoms with E-state index in [1.165, 1.54) is 18.7 Å². The highest BCUT2D eigenvalue weighted by Gasteiger charge is 2.49. The Morgan fingerprint density at radius 2 is 1.85 bits per heavy atom. The molecule has 8 nitrogen and oxygen atoms in total. The molecule has 1 amide bonds. The zero-order valence-corrected chi connectivity index (χ0v) is 16.1. The van der Waals surface area contributed by atoms with Gasteiger partial charge in [-0.05, 0) is 37.6 Å². The Bertz CT molecular complexity index is 923. The molecule has 2 saturated heterocycles. The lowest BCUT2D eigenvalue weighted by Crippen LogP contribution is -2.37. The van der Waals surface area contributed by atoms with Crippen LogP contribution in [-0.2, 0) is 19.4 Å². The van der Waals surface area contributed by atoms with E-state index >= 15 is 0 Å². The first kappa shape index (κ1) is 19.6. The van der Waals surface area contributed by atoms with Crippen molar-refractivity contribution in [1.82, 2.24) is 0 Å². The van der Waals surface area contributed by atoms with Crippen LogP contribution in [0.1, 0.15) is 30.1 Å². The molecule has 2 aliphatic rings. The summed E-state index contributed by atoms with van der Waals surface area (Å²) >= 11 is 1.21. The zero-order chi connectivity index (χ0) is 19.8. The maximum atomic E-state index is 12.0. The lowest BCUT2D eigenvalue weighted by Gasteiger charge is -2.24. The number of carboxylic acid groups (broad SMARTS) is 1. The molecule has 2 heterocycles. The first-order valence-corrected chi connectivity index (χ1v) is 10.9. The van der Waals surface area contributed by atoms with Gasteiger partial charge in [-0.2, -0.15) is 4.99 Å². The van der Waals surface area contributed by atoms with Gasteiger partial charge in [-0.3, -0.25) is 9.59 Å². The highest BCUT2D eigenvalue weighted by atomic mass is 32.2. The second-order valence-electron chi connectivity index (χ2n) is 6.43. The minimum Gasteiger partial charge on any atom is -0.550 e. The van der Waals surface area contributed by atoms with Crippen LogP contribution in [0, 0.1) is 0 Å². The normalized spacial score (nSPS) is 24.8. The summed E-state index contributed by atoms with van der Waals surface area (Å²) < 4.78 is 24.0. The average molecular weight is 409 g/mol. The molecule has 144 valence electrons. The van der Waals surface area contributed by atoms with Crippen molar-refractivity contribution in [3.63, 3.8) is 0 Å². The second kappa shape index (κ2) is 7.43. The predicted octanol–water partition coefficient (Wildman–Crippen LogP) is 0.0207. The summed E-state index contributed by atoms with van der Waals surface area (Å²) in [5.74, 6) is -2.08. The molecule has 2 atom stereocenters. The molecule has 0 N–H and O–H groups in total. The lowest BCUT2D eigenvalue weighted by atomic mass is 10.1. The van der Waals surface area contributed by atoms with Crippen LogP contribution in [0.15, 0.2) is 29.3 Å². The van der Waals surface area contributed by atoms with Gasteiger partial charge in [0, 0.05) is 28.9 Å². The van der Waals surface area contributed by atoms with Crippen molar-refractivity contribution in [2.75, 3.05) is 16.4 Å². The van der Waals surface area contributed by atoms with E-state index in [2.05, 4.69) is 4.99 Å². The van der Waals surface area contributed by atoms with Crippen molar-refractivity contribution in [3.05, 3.63) is 29.8 Å². The SMILES string of the molecule is CC(=O)c1ccc(N2C(=NC(=O)CCC(=O)[O-])S[C@H]3CS(=O)(=O)C[C@H]32)cc1. The number of hydrogen-bond acceptors (Lipinski definition) is 7. The number of hydrogen-bond donors (Lipinski definition) is 0. The van der Waals surface area contributed by atoms with Crippen molar-refractivity contribution < 1.29 is 27.9 Å². The predicted molar refractivity (Wildman–Crippen MR) is 99.4 cm³/mol. The Labute approximate surface area is 160 Å². The molecule has 0 unspecified atom stereocenters. The lowest BCUT2D eigenvalue weighted by molar-refractivity contribution is -0.305. The number of carboxylic acids is 1. The van der Waals surface area contributed by atoms with Gasteiger partial charge in [0.05, 0.1) is 17.5 Å². The molecule has 0 aliphatic carbocycles. The van der Waals surface area contributed by atoms with Crippen LogP contribution in [0.3, 0.4) is 0 Å². The molecule has 0 bridgehead atoms. The summed E-state index contributed by atoms with van der Waals surface area (Å²) in [6, 6.07) is 6.27. The highest BCUT2D eigenvalue weighted by Crippen LogP contribution is 2.41. The van der Waals surface area contributed by atoms with Crippen LogP contribution >= 0.6 is 11.8 Å². The standard InChI is InChI=1S/C17H18N2O6S2/c1-10(20)11-2-4-12(5-3-11)19-13-8-27(24,25)9-14(13)26-17(19)18-15(21)6-7-16(22)23/h2-5,13-14H,6-9H2,1H3,(H,22,23)/p-1/t13-,14+/m1/s1. The first-order chi connectivity index (χ1) is 12.7. The summed E-state index contributed by atoms with van der Waals surface area (Å²) in [5.41, 5.74) is 1.15. The average Bonchev–Trinajstić information content (AvgIpc) is 3.03. The van der Waals surface area contributed by atoms with Gasteiger partial charge in [-0.25, -0.2) is 8.42 Å². The Hall–Kier alpha value is -2.20. The molecule has 10 heteroatoms. The summed E-state index contributed by atoms with van der Waals surface area (Å²) in [5, 5.41) is 10.6. The zero-order valence-electron chi connectivity index (χ0n) is 14.5. The number of rotatable bonds is 5. The van der Waals surface area contributed by atoms with E-state index in [9.17, 15) is 27.9 Å². The molecule has 0 radical (unpaired) electrons. The number of sulfone groups is 1. The maximum Gasteiger partial charge on any atom is 0.248 e. The minimum atomic E-state index is -3.18. The smallest absolute Gasteiger partial charge is 0.248 e. The third-order valence-electron chi connectivity index (χ3n) is 4.38. The number of aliphatic carboxylic acids is 1. The van der Waals surface area contributed by atoms with Crippen LogP contribution in [0.2, 0.25) is 0 Å². The van der Waals surface area contributed by atoms with E-state index < -0.39 is 28.1 Å². The van der Waals surface area contributed by atoms with Crippen LogP contribution < -0.4 is 10.0 Å². The number of benzene rings is 1. The topological polar surface area (TPSA) is 124 Å². The van der Waals surface area contributed by atoms with Crippen molar-refractivity contribution >= 4 is 50.1 Å². The molecule has 0 spiro atoms. The number of thioether (sulfide) groups is 1. The molecular formula is C17H17N2O6S2-. The van der Waals surface area contributed by atoms with Gasteiger partial charge in [0.15, 0.2) is 20.8 Å². The van der Waals surface area contributed by atoms with Gasteiger partial charge in [-0.1, -0.05) is 11.8 Å². The van der Waals surface area contributed by atoms with Crippen LogP contribution in [0.5, 0.6) is 0 Å². The Morgan fingerprint density at radius 1 is 1.19 bits per heavy atom. The largest absolute Gasteiger partial charge is 0.550 e. The summed E-state index contributed by atoms with van der Waals surface area (Å²) in [4.78, 5) is 39.7. The number of nitrogens with zero attached hydrogens (tertiary/aromatic N) is 2. The second-order valence-corrected chi connectivity index (χ2v) is 9.79. The van der Waals surface area contributed by atoms with E-state index in [0.29, 0.717) is 16.4 Å².